The van der Waals surface area contributed by atoms with Crippen LogP contribution in [0.5, 0.6) is 11.6 Å². The van der Waals surface area contributed by atoms with Crippen molar-refractivity contribution in [1.29, 1.82) is 0 Å². The van der Waals surface area contributed by atoms with Crippen molar-refractivity contribution in [3.8, 4) is 11.6 Å². The summed E-state index contributed by atoms with van der Waals surface area (Å²) in [6, 6.07) is 6.78. The highest BCUT2D eigenvalue weighted by Gasteiger charge is 2.29. The number of amides is 1. The maximum Gasteiger partial charge on any atom is 0.512 e. The van der Waals surface area contributed by atoms with Crippen molar-refractivity contribution in [2.45, 2.75) is 13.0 Å². The Balaban J connectivity index is 1.78. The summed E-state index contributed by atoms with van der Waals surface area (Å²) in [5, 5.41) is 12.3. The molecule has 8 nitrogen and oxygen atoms in total. The summed E-state index contributed by atoms with van der Waals surface area (Å²) in [5.41, 5.74) is 1.01. The number of hydrogen-bond acceptors (Lipinski definition) is 6. The Morgan fingerprint density at radius 1 is 1.30 bits per heavy atom. The van der Waals surface area contributed by atoms with Gasteiger partial charge < -0.3 is 24.0 Å². The largest absolute Gasteiger partial charge is 0.512 e. The van der Waals surface area contributed by atoms with Gasteiger partial charge in [0.15, 0.2) is 0 Å². The zero-order chi connectivity index (χ0) is 16.4. The van der Waals surface area contributed by atoms with Gasteiger partial charge in [0.1, 0.15) is 11.5 Å². The molecule has 1 amide bonds. The molecule has 1 aliphatic heterocycles. The van der Waals surface area contributed by atoms with Crippen LogP contribution in [-0.2, 0) is 13.0 Å². The molecule has 0 saturated heterocycles. The van der Waals surface area contributed by atoms with E-state index in [0.29, 0.717) is 35.6 Å². The van der Waals surface area contributed by atoms with Crippen molar-refractivity contribution in [3.05, 3.63) is 41.2 Å². The average Bonchev–Trinajstić information content (AvgIpc) is 2.96. The van der Waals surface area contributed by atoms with Crippen LogP contribution in [0, 0.1) is 0 Å². The summed E-state index contributed by atoms with van der Waals surface area (Å²) < 4.78 is 14.7. The van der Waals surface area contributed by atoms with Crippen LogP contribution in [0.3, 0.4) is 0 Å². The van der Waals surface area contributed by atoms with Gasteiger partial charge in [-0.05, 0) is 29.4 Å². The number of aromatic nitrogens is 1. The van der Waals surface area contributed by atoms with E-state index in [0.717, 1.165) is 0 Å². The molecule has 1 N–H and O–H groups in total. The summed E-state index contributed by atoms with van der Waals surface area (Å²) in [7, 11) is 1.55. The number of rotatable bonds is 3. The Kier molecular flexibility index (Phi) is 3.88. The number of hydrogen-bond donors (Lipinski definition) is 1. The number of carbonyl (C=O) groups is 2. The first-order valence-electron chi connectivity index (χ1n) is 6.90. The molecule has 0 radical (unpaired) electrons. The molecule has 120 valence electrons. The van der Waals surface area contributed by atoms with Crippen LogP contribution in [0.4, 0.5) is 4.79 Å². The topological polar surface area (TPSA) is 102 Å². The van der Waals surface area contributed by atoms with E-state index in [-0.39, 0.29) is 18.3 Å². The summed E-state index contributed by atoms with van der Waals surface area (Å²) in [4.78, 5) is 24.8. The van der Waals surface area contributed by atoms with Crippen LogP contribution < -0.4 is 9.47 Å². The van der Waals surface area contributed by atoms with E-state index in [9.17, 15) is 9.59 Å². The minimum atomic E-state index is -1.47. The molecular formula is C15H14N2O6. The molecule has 0 spiro atoms. The van der Waals surface area contributed by atoms with E-state index in [2.05, 4.69) is 9.89 Å². The van der Waals surface area contributed by atoms with Gasteiger partial charge in [-0.15, -0.1) is 0 Å². The zero-order valence-electron chi connectivity index (χ0n) is 12.3. The summed E-state index contributed by atoms with van der Waals surface area (Å²) in [6.07, 6.45) is -1.02. The zero-order valence-corrected chi connectivity index (χ0v) is 12.3. The SMILES string of the molecule is COc1ccc(C(=O)N2CCc3onc(OC(=O)O)c3C2)cc1. The lowest BCUT2D eigenvalue weighted by atomic mass is 10.1. The van der Waals surface area contributed by atoms with Gasteiger partial charge in [0, 0.05) is 18.5 Å². The molecule has 8 heteroatoms. The Hall–Kier alpha value is -3.03. The minimum absolute atomic E-state index is 0.111. The quantitative estimate of drug-likeness (QED) is 0.863. The third-order valence-electron chi connectivity index (χ3n) is 3.60. The van der Waals surface area contributed by atoms with E-state index in [1.54, 1.807) is 36.3 Å². The maximum absolute atomic E-state index is 12.5. The molecule has 1 aromatic carbocycles. The lowest BCUT2D eigenvalue weighted by molar-refractivity contribution is 0.0728. The highest BCUT2D eigenvalue weighted by atomic mass is 16.7. The van der Waals surface area contributed by atoms with E-state index < -0.39 is 6.16 Å². The minimum Gasteiger partial charge on any atom is -0.497 e. The van der Waals surface area contributed by atoms with E-state index in [4.69, 9.17) is 14.4 Å². The molecule has 0 fully saturated rings. The first-order valence-corrected chi connectivity index (χ1v) is 6.90. The van der Waals surface area contributed by atoms with Gasteiger partial charge in [-0.2, -0.15) is 0 Å². The molecule has 0 atom stereocenters. The van der Waals surface area contributed by atoms with E-state index >= 15 is 0 Å². The second-order valence-corrected chi connectivity index (χ2v) is 4.96. The van der Waals surface area contributed by atoms with Crippen molar-refractivity contribution < 1.29 is 28.7 Å². The van der Waals surface area contributed by atoms with Crippen molar-refractivity contribution in [1.82, 2.24) is 10.1 Å². The number of carboxylic acid groups (broad SMARTS) is 1. The smallest absolute Gasteiger partial charge is 0.497 e. The van der Waals surface area contributed by atoms with Crippen LogP contribution in [-0.4, -0.2) is 40.9 Å². The molecule has 0 saturated carbocycles. The highest BCUT2D eigenvalue weighted by Crippen LogP contribution is 2.28. The molecule has 3 rings (SSSR count). The van der Waals surface area contributed by atoms with Gasteiger partial charge in [-0.1, -0.05) is 0 Å². The van der Waals surface area contributed by atoms with Gasteiger partial charge in [0.05, 0.1) is 19.2 Å². The van der Waals surface area contributed by atoms with Crippen molar-refractivity contribution in [2.24, 2.45) is 0 Å². The Labute approximate surface area is 131 Å². The molecule has 0 bridgehead atoms. The number of methoxy groups -OCH3 is 1. The fourth-order valence-electron chi connectivity index (χ4n) is 2.44. The second-order valence-electron chi connectivity index (χ2n) is 4.96. The number of carbonyl (C=O) groups excluding carboxylic acids is 1. The van der Waals surface area contributed by atoms with Crippen LogP contribution in [0.2, 0.25) is 0 Å². The van der Waals surface area contributed by atoms with Crippen LogP contribution >= 0.6 is 0 Å². The molecule has 2 heterocycles. The number of fused-ring (bicyclic) bond motifs is 1. The van der Waals surface area contributed by atoms with Gasteiger partial charge in [0.2, 0.25) is 0 Å². The molecule has 1 aliphatic rings. The summed E-state index contributed by atoms with van der Waals surface area (Å²) >= 11 is 0. The summed E-state index contributed by atoms with van der Waals surface area (Å²) in [5.74, 6) is 0.930. The van der Waals surface area contributed by atoms with Gasteiger partial charge in [0.25, 0.3) is 11.8 Å². The maximum atomic E-state index is 12.5. The normalized spacial score (nSPS) is 13.3. The molecular weight excluding hydrogens is 304 g/mol. The monoisotopic (exact) mass is 318 g/mol. The lowest BCUT2D eigenvalue weighted by Crippen LogP contribution is -2.35. The van der Waals surface area contributed by atoms with Gasteiger partial charge in [-0.25, -0.2) is 4.79 Å². The number of nitrogens with zero attached hydrogens (tertiary/aromatic N) is 2. The van der Waals surface area contributed by atoms with Gasteiger partial charge in [-0.3, -0.25) is 4.79 Å². The molecule has 0 aliphatic carbocycles. The number of benzene rings is 1. The first kappa shape index (κ1) is 14.9. The van der Waals surface area contributed by atoms with Crippen molar-refractivity contribution in [3.63, 3.8) is 0 Å². The Bertz CT molecular complexity index is 737. The fraction of sp³-hybridized carbons (Fsp3) is 0.267. The second kappa shape index (κ2) is 5.99. The predicted octanol–water partition coefficient (Wildman–Crippen LogP) is 1.94. The van der Waals surface area contributed by atoms with E-state index in [1.165, 1.54) is 0 Å². The standard InChI is InChI=1S/C15H14N2O6/c1-21-10-4-2-9(3-5-10)14(18)17-7-6-12-11(8-17)13(16-23-12)22-15(19)20/h2-5H,6-8H2,1H3,(H,19,20). The predicted molar refractivity (Wildman–Crippen MR) is 76.6 cm³/mol. The molecule has 2 aromatic rings. The van der Waals surface area contributed by atoms with Crippen LogP contribution in [0.25, 0.3) is 0 Å². The fourth-order valence-corrected chi connectivity index (χ4v) is 2.44. The third-order valence-corrected chi connectivity index (χ3v) is 3.60. The molecule has 1 aromatic heterocycles. The average molecular weight is 318 g/mol. The Morgan fingerprint density at radius 2 is 2.04 bits per heavy atom. The van der Waals surface area contributed by atoms with Crippen LogP contribution in [0.15, 0.2) is 28.8 Å². The van der Waals surface area contributed by atoms with Gasteiger partial charge >= 0.3 is 6.16 Å². The van der Waals surface area contributed by atoms with E-state index in [1.807, 2.05) is 0 Å². The summed E-state index contributed by atoms with van der Waals surface area (Å²) in [6.45, 7) is 0.645. The third kappa shape index (κ3) is 2.96. The van der Waals surface area contributed by atoms with Crippen molar-refractivity contribution in [2.75, 3.05) is 13.7 Å². The van der Waals surface area contributed by atoms with Crippen molar-refractivity contribution >= 4 is 12.1 Å². The Morgan fingerprint density at radius 3 is 2.70 bits per heavy atom. The lowest BCUT2D eigenvalue weighted by Gasteiger charge is -2.26. The molecule has 23 heavy (non-hydrogen) atoms. The highest BCUT2D eigenvalue weighted by molar-refractivity contribution is 5.94. The first-order chi connectivity index (χ1) is 11.1. The molecule has 0 unspecified atom stereocenters. The number of ether oxygens (including phenoxy) is 2. The van der Waals surface area contributed by atoms with Crippen LogP contribution in [0.1, 0.15) is 21.7 Å².